The molecule has 0 fully saturated rings. The molecule has 1 atom stereocenters. The van der Waals surface area contributed by atoms with E-state index in [9.17, 15) is 23.4 Å². The molecule has 0 aliphatic rings. The van der Waals surface area contributed by atoms with Gasteiger partial charge in [0.15, 0.2) is 0 Å². The van der Waals surface area contributed by atoms with E-state index in [0.717, 1.165) is 12.1 Å². The van der Waals surface area contributed by atoms with Crippen LogP contribution in [0, 0.1) is 0 Å². The minimum Gasteiger partial charge on any atom is -0.508 e. The maximum atomic E-state index is 12.8. The van der Waals surface area contributed by atoms with Crippen molar-refractivity contribution in [3.05, 3.63) is 59.2 Å². The molecule has 0 spiro atoms. The summed E-state index contributed by atoms with van der Waals surface area (Å²) in [5.74, 6) is -0.211. The molecule has 4 N–H and O–H groups in total. The summed E-state index contributed by atoms with van der Waals surface area (Å²) in [6, 6.07) is 9.15. The Kier molecular flexibility index (Phi) is 3.59. The van der Waals surface area contributed by atoms with Crippen LogP contribution in [0.2, 0.25) is 0 Å². The molecule has 6 heteroatoms. The van der Waals surface area contributed by atoms with Gasteiger partial charge < -0.3 is 15.9 Å². The van der Waals surface area contributed by atoms with E-state index < -0.39 is 23.5 Å². The molecule has 0 saturated heterocycles. The lowest BCUT2D eigenvalue weighted by atomic mass is 9.96. The fourth-order valence-electron chi connectivity index (χ4n) is 1.95. The lowest BCUT2D eigenvalue weighted by molar-refractivity contribution is -0.137. The molecule has 0 aliphatic heterocycles. The van der Waals surface area contributed by atoms with Gasteiger partial charge in [-0.2, -0.15) is 13.2 Å². The van der Waals surface area contributed by atoms with Crippen LogP contribution in [0.15, 0.2) is 42.5 Å². The normalized spacial score (nSPS) is 13.2. The second-order valence-electron chi connectivity index (χ2n) is 4.27. The Labute approximate surface area is 113 Å². The Hall–Kier alpha value is -2.21. The highest BCUT2D eigenvalue weighted by atomic mass is 19.4. The van der Waals surface area contributed by atoms with Crippen molar-refractivity contribution in [3.8, 4) is 5.75 Å². The Morgan fingerprint density at radius 1 is 0.950 bits per heavy atom. The van der Waals surface area contributed by atoms with Gasteiger partial charge in [0.2, 0.25) is 0 Å². The van der Waals surface area contributed by atoms with Gasteiger partial charge in [0.1, 0.15) is 11.9 Å². The number of anilines is 1. The molecule has 0 bridgehead atoms. The fourth-order valence-corrected chi connectivity index (χ4v) is 1.95. The van der Waals surface area contributed by atoms with Gasteiger partial charge in [-0.15, -0.1) is 0 Å². The number of hydrogen-bond acceptors (Lipinski definition) is 3. The molecule has 3 nitrogen and oxygen atoms in total. The number of aliphatic hydroxyl groups is 1. The van der Waals surface area contributed by atoms with Crippen molar-refractivity contribution in [2.45, 2.75) is 12.3 Å². The minimum atomic E-state index is -4.60. The second kappa shape index (κ2) is 5.05. The summed E-state index contributed by atoms with van der Waals surface area (Å²) in [6.45, 7) is 0. The number of phenols is 1. The lowest BCUT2D eigenvalue weighted by Gasteiger charge is -2.18. The highest BCUT2D eigenvalue weighted by molar-refractivity contribution is 5.58. The average molecular weight is 283 g/mol. The van der Waals surface area contributed by atoms with Crippen LogP contribution in [0.3, 0.4) is 0 Å². The third kappa shape index (κ3) is 2.55. The predicted octanol–water partition coefficient (Wildman–Crippen LogP) is 3.07. The van der Waals surface area contributed by atoms with Crippen LogP contribution >= 0.6 is 0 Å². The number of para-hydroxylation sites is 2. The van der Waals surface area contributed by atoms with E-state index in [-0.39, 0.29) is 16.9 Å². The van der Waals surface area contributed by atoms with E-state index >= 15 is 0 Å². The van der Waals surface area contributed by atoms with Crippen LogP contribution in [0.25, 0.3) is 0 Å². The van der Waals surface area contributed by atoms with Gasteiger partial charge in [-0.05, 0) is 12.1 Å². The van der Waals surface area contributed by atoms with Crippen LogP contribution in [-0.4, -0.2) is 10.2 Å². The molecule has 2 rings (SSSR count). The first-order chi connectivity index (χ1) is 9.32. The van der Waals surface area contributed by atoms with Crippen molar-refractivity contribution < 1.29 is 23.4 Å². The Morgan fingerprint density at radius 2 is 1.55 bits per heavy atom. The zero-order valence-corrected chi connectivity index (χ0v) is 10.2. The van der Waals surface area contributed by atoms with E-state index in [1.54, 1.807) is 12.1 Å². The maximum Gasteiger partial charge on any atom is 0.418 e. The first kappa shape index (κ1) is 14.2. The zero-order valence-electron chi connectivity index (χ0n) is 10.2. The summed E-state index contributed by atoms with van der Waals surface area (Å²) in [5, 5.41) is 19.8. The molecule has 2 aromatic carbocycles. The lowest BCUT2D eigenvalue weighted by Crippen LogP contribution is -2.13. The van der Waals surface area contributed by atoms with Gasteiger partial charge in [-0.1, -0.05) is 30.3 Å². The predicted molar refractivity (Wildman–Crippen MR) is 68.0 cm³/mol. The SMILES string of the molecule is Nc1c(C(O)c2ccccc2O)cccc1C(F)(F)F. The van der Waals surface area contributed by atoms with Gasteiger partial charge in [0.05, 0.1) is 5.56 Å². The fraction of sp³-hybridized carbons (Fsp3) is 0.143. The highest BCUT2D eigenvalue weighted by Crippen LogP contribution is 2.39. The van der Waals surface area contributed by atoms with Crippen molar-refractivity contribution >= 4 is 5.69 Å². The number of aromatic hydroxyl groups is 1. The molecule has 0 amide bonds. The summed E-state index contributed by atoms with van der Waals surface area (Å²) < 4.78 is 38.3. The van der Waals surface area contributed by atoms with Crippen LogP contribution < -0.4 is 5.73 Å². The Bertz CT molecular complexity index is 626. The van der Waals surface area contributed by atoms with E-state index in [2.05, 4.69) is 0 Å². The zero-order chi connectivity index (χ0) is 14.9. The summed E-state index contributed by atoms with van der Waals surface area (Å²) in [5.41, 5.74) is 3.94. The van der Waals surface area contributed by atoms with E-state index in [1.807, 2.05) is 0 Å². The van der Waals surface area contributed by atoms with Crippen LogP contribution in [0.5, 0.6) is 5.75 Å². The first-order valence-corrected chi connectivity index (χ1v) is 5.74. The van der Waals surface area contributed by atoms with Gasteiger partial charge in [0, 0.05) is 16.8 Å². The van der Waals surface area contributed by atoms with Crippen molar-refractivity contribution in [1.82, 2.24) is 0 Å². The molecule has 0 saturated carbocycles. The summed E-state index contributed by atoms with van der Waals surface area (Å²) in [4.78, 5) is 0. The maximum absolute atomic E-state index is 12.8. The third-order valence-electron chi connectivity index (χ3n) is 2.97. The topological polar surface area (TPSA) is 66.5 Å². The molecule has 0 radical (unpaired) electrons. The van der Waals surface area contributed by atoms with Crippen molar-refractivity contribution in [2.24, 2.45) is 0 Å². The average Bonchev–Trinajstić information content (AvgIpc) is 2.37. The number of alkyl halides is 3. The molecular weight excluding hydrogens is 271 g/mol. The Balaban J connectivity index is 2.52. The standard InChI is InChI=1S/C14H12F3NO2/c15-14(16,17)10-6-3-5-9(12(10)18)13(20)8-4-1-2-7-11(8)19/h1-7,13,19-20H,18H2. The van der Waals surface area contributed by atoms with Crippen LogP contribution in [0.1, 0.15) is 22.8 Å². The number of nitrogens with two attached hydrogens (primary N) is 1. The number of halogens is 3. The number of benzene rings is 2. The van der Waals surface area contributed by atoms with Crippen molar-refractivity contribution in [1.29, 1.82) is 0 Å². The number of rotatable bonds is 2. The largest absolute Gasteiger partial charge is 0.508 e. The van der Waals surface area contributed by atoms with Crippen molar-refractivity contribution in [3.63, 3.8) is 0 Å². The highest BCUT2D eigenvalue weighted by Gasteiger charge is 2.34. The van der Waals surface area contributed by atoms with E-state index in [0.29, 0.717) is 0 Å². The van der Waals surface area contributed by atoms with Gasteiger partial charge in [-0.3, -0.25) is 0 Å². The summed E-state index contributed by atoms with van der Waals surface area (Å²) in [6.07, 6.45) is -6.03. The van der Waals surface area contributed by atoms with Gasteiger partial charge in [-0.25, -0.2) is 0 Å². The van der Waals surface area contributed by atoms with Crippen molar-refractivity contribution in [2.75, 3.05) is 5.73 Å². The monoisotopic (exact) mass is 283 g/mol. The number of nitrogen functional groups attached to an aromatic ring is 1. The number of hydrogen-bond donors (Lipinski definition) is 3. The van der Waals surface area contributed by atoms with Crippen LogP contribution in [0.4, 0.5) is 18.9 Å². The molecule has 0 aromatic heterocycles. The van der Waals surface area contributed by atoms with Crippen LogP contribution in [-0.2, 0) is 6.18 Å². The quantitative estimate of drug-likeness (QED) is 0.742. The van der Waals surface area contributed by atoms with E-state index in [4.69, 9.17) is 5.73 Å². The summed E-state index contributed by atoms with van der Waals surface area (Å²) in [7, 11) is 0. The van der Waals surface area contributed by atoms with Gasteiger partial charge >= 0.3 is 6.18 Å². The summed E-state index contributed by atoms with van der Waals surface area (Å²) >= 11 is 0. The molecular formula is C14H12F3NO2. The smallest absolute Gasteiger partial charge is 0.418 e. The number of aliphatic hydroxyl groups excluding tert-OH is 1. The molecule has 106 valence electrons. The second-order valence-corrected chi connectivity index (χ2v) is 4.27. The molecule has 20 heavy (non-hydrogen) atoms. The molecule has 1 unspecified atom stereocenters. The third-order valence-corrected chi connectivity index (χ3v) is 2.97. The molecule has 2 aromatic rings. The number of phenolic OH excluding ortho intramolecular Hbond substituents is 1. The first-order valence-electron chi connectivity index (χ1n) is 5.74. The Morgan fingerprint density at radius 3 is 2.15 bits per heavy atom. The minimum absolute atomic E-state index is 0.0959. The molecule has 0 aliphatic carbocycles. The molecule has 0 heterocycles. The van der Waals surface area contributed by atoms with E-state index in [1.165, 1.54) is 18.2 Å². The van der Waals surface area contributed by atoms with Gasteiger partial charge in [0.25, 0.3) is 0 Å².